The first-order chi connectivity index (χ1) is 17.8. The number of rotatable bonds is 19. The maximum atomic E-state index is 12.1. The number of ether oxygens (including phenoxy) is 2. The van der Waals surface area contributed by atoms with Crippen molar-refractivity contribution in [3.05, 3.63) is 0 Å². The van der Waals surface area contributed by atoms with E-state index in [0.29, 0.717) is 6.42 Å². The van der Waals surface area contributed by atoms with E-state index < -0.39 is 39.1 Å². The van der Waals surface area contributed by atoms with Gasteiger partial charge in [-0.1, -0.05) is 83.5 Å². The second-order valence-corrected chi connectivity index (χ2v) is 9.37. The summed E-state index contributed by atoms with van der Waals surface area (Å²) in [7, 11) is -5.29. The van der Waals surface area contributed by atoms with Crippen molar-refractivity contribution in [3.63, 3.8) is 0 Å². The minimum absolute atomic E-state index is 0. The van der Waals surface area contributed by atoms with E-state index in [1.54, 1.807) is 6.92 Å². The molecular weight excluding hydrogens is 573 g/mol. The van der Waals surface area contributed by atoms with Gasteiger partial charge in [-0.3, -0.25) is 4.79 Å². The van der Waals surface area contributed by atoms with Crippen LogP contribution >= 0.6 is 21.3 Å². The summed E-state index contributed by atoms with van der Waals surface area (Å²) in [6.07, 6.45) is 12.7. The van der Waals surface area contributed by atoms with E-state index in [2.05, 4.69) is 58.8 Å². The zero-order chi connectivity index (χ0) is 27.6. The first-order valence-electron chi connectivity index (χ1n) is 12.7. The van der Waals surface area contributed by atoms with Crippen LogP contribution in [0.5, 0.6) is 0 Å². The number of esters is 2. The summed E-state index contributed by atoms with van der Waals surface area (Å²) in [5.74, 6) is 17.3. The summed E-state index contributed by atoms with van der Waals surface area (Å²) < 4.78 is 24.9. The third kappa shape index (κ3) is 35.7. The van der Waals surface area contributed by atoms with E-state index in [4.69, 9.17) is 9.47 Å². The van der Waals surface area contributed by atoms with Crippen molar-refractivity contribution in [2.24, 2.45) is 0 Å². The quantitative estimate of drug-likeness (QED) is 0.0459. The maximum Gasteiger partial charge on any atom is 1.00 e. The Morgan fingerprint density at radius 2 is 1.25 bits per heavy atom. The fraction of sp³-hybridized carbons (Fsp3) is 0.643. The first kappa shape index (κ1) is 46.6. The van der Waals surface area contributed by atoms with Gasteiger partial charge in [-0.15, -0.1) is 0 Å². The van der Waals surface area contributed by atoms with Crippen molar-refractivity contribution in [1.82, 2.24) is 0 Å². The number of hydrogen-bond acceptors (Lipinski definition) is 8. The van der Waals surface area contributed by atoms with Gasteiger partial charge < -0.3 is 28.3 Å². The average molecular weight is 627 g/mol. The van der Waals surface area contributed by atoms with E-state index in [-0.39, 0.29) is 89.0 Å². The van der Waals surface area contributed by atoms with E-state index >= 15 is 0 Å². The van der Waals surface area contributed by atoms with Crippen LogP contribution in [0.4, 0.5) is 0 Å². The predicted octanol–water partition coefficient (Wildman–Crippen LogP) is -0.746. The van der Waals surface area contributed by atoms with E-state index in [9.17, 15) is 23.9 Å². The van der Waals surface area contributed by atoms with Crippen molar-refractivity contribution in [1.29, 1.82) is 0 Å². The molecule has 0 heterocycles. The molecule has 8 nitrogen and oxygen atoms in total. The first-order valence-corrected chi connectivity index (χ1v) is 14.2. The number of phosphoric acid groups is 1. The number of phosphoric ester groups is 1. The van der Waals surface area contributed by atoms with Gasteiger partial charge >= 0.3 is 71.1 Å². The van der Waals surface area contributed by atoms with Gasteiger partial charge in [0.15, 0.2) is 6.10 Å². The molecule has 0 spiro atoms. The molecule has 0 amide bonds. The molecule has 0 rings (SSSR count). The molecule has 1 atom stereocenters. The summed E-state index contributed by atoms with van der Waals surface area (Å²) in [6, 6.07) is 0. The molecule has 0 fully saturated rings. The molecule has 0 aromatic rings. The van der Waals surface area contributed by atoms with Gasteiger partial charge in [-0.05, 0) is 48.9 Å². The Balaban J connectivity index is -0.000000144. The van der Waals surface area contributed by atoms with Crippen LogP contribution in [-0.4, -0.2) is 31.3 Å². The van der Waals surface area contributed by atoms with Crippen LogP contribution in [-0.2, 0) is 28.2 Å². The van der Waals surface area contributed by atoms with Gasteiger partial charge in [0.05, 0.1) is 14.4 Å². The molecule has 0 radical (unpaired) electrons. The topological polar surface area (TPSA) is 125 Å². The molecular formula is C28H53Na2O8PS. The molecule has 226 valence electrons. The van der Waals surface area contributed by atoms with Crippen molar-refractivity contribution < 1.29 is 107 Å². The Bertz CT molecular complexity index is 1000. The molecule has 12 heteroatoms. The van der Waals surface area contributed by atoms with Gasteiger partial charge in [-0.25, -0.2) is 4.79 Å². The third-order valence-electron chi connectivity index (χ3n) is 4.95. The SMILES string of the molecule is CC#CC#CC#CC#CC(=O)OC[C@H](COP(=O)([O-])[O-])OC(=O)CCCCCCCCCCCCCC.S.[HH].[HH].[HH].[HH].[HH].[HH].[HH].[Na+].[Na+]. The minimum atomic E-state index is -5.29. The van der Waals surface area contributed by atoms with Crippen LogP contribution in [0.3, 0.4) is 0 Å². The summed E-state index contributed by atoms with van der Waals surface area (Å²) >= 11 is 0. The summed E-state index contributed by atoms with van der Waals surface area (Å²) in [4.78, 5) is 45.3. The molecule has 0 unspecified atom stereocenters. The van der Waals surface area contributed by atoms with Crippen LogP contribution in [0.15, 0.2) is 0 Å². The van der Waals surface area contributed by atoms with Crippen molar-refractivity contribution in [2.75, 3.05) is 13.2 Å². The molecule has 0 aromatic heterocycles. The Kier molecular flexibility index (Phi) is 38.6. The molecule has 0 aliphatic rings. The number of unbranched alkanes of at least 4 members (excludes halogenated alkanes) is 11. The summed E-state index contributed by atoms with van der Waals surface area (Å²) in [5.41, 5.74) is 0. The fourth-order valence-corrected chi connectivity index (χ4v) is 3.47. The van der Waals surface area contributed by atoms with Crippen molar-refractivity contribution >= 4 is 33.3 Å². The smallest absolute Gasteiger partial charge is 0.790 e. The molecule has 40 heavy (non-hydrogen) atoms. The Labute approximate surface area is 302 Å². The van der Waals surface area contributed by atoms with Crippen LogP contribution in [0.1, 0.15) is 107 Å². The number of carbonyl (C=O) groups is 2. The molecule has 0 saturated carbocycles. The summed E-state index contributed by atoms with van der Waals surface area (Å²) in [6.45, 7) is 2.55. The predicted molar refractivity (Wildman–Crippen MR) is 162 cm³/mol. The van der Waals surface area contributed by atoms with E-state index in [0.717, 1.165) is 19.3 Å². The Morgan fingerprint density at radius 1 is 0.775 bits per heavy atom. The van der Waals surface area contributed by atoms with Crippen molar-refractivity contribution in [3.8, 4) is 47.4 Å². The zero-order valence-corrected chi connectivity index (χ0v) is 30.3. The maximum absolute atomic E-state index is 12.1. The van der Waals surface area contributed by atoms with Gasteiger partial charge in [0.1, 0.15) is 6.61 Å². The standard InChI is InChI=1S/C28H39O8P.2Na.H2S.7H2/c1-3-5-7-9-11-12-13-14-15-17-19-21-23-28(30)36-26(25-35-37(31,32)33)24-34-27(29)22-20-18-16-10-8-6-4-2;;;;;;;;;;/h26H,3,5,7,9,11-15,17,19,21,23-25H2,1-2H3,(H2,31,32,33);;;1H2;7*1H/q;2*+1;;;;;;;;/p-2/t26-;;;;;;;;;;/m1........../s1. The number of hydrogen-bond donors (Lipinski definition) is 0. The molecule has 0 bridgehead atoms. The largest absolute Gasteiger partial charge is 1.00 e. The Morgan fingerprint density at radius 3 is 1.75 bits per heavy atom. The van der Waals surface area contributed by atoms with Crippen molar-refractivity contribution in [2.45, 2.75) is 103 Å². The third-order valence-corrected chi connectivity index (χ3v) is 5.42. The van der Waals surface area contributed by atoms with Gasteiger partial charge in [0.2, 0.25) is 0 Å². The van der Waals surface area contributed by atoms with Crippen LogP contribution in [0, 0.1) is 47.4 Å². The van der Waals surface area contributed by atoms with Gasteiger partial charge in [0, 0.05) is 22.3 Å². The Hall–Kier alpha value is -0.360. The minimum Gasteiger partial charge on any atom is -0.790 e. The van der Waals surface area contributed by atoms with Gasteiger partial charge in [-0.2, -0.15) is 13.5 Å². The van der Waals surface area contributed by atoms with E-state index in [1.807, 2.05) is 0 Å². The summed E-state index contributed by atoms with van der Waals surface area (Å²) in [5, 5.41) is 0. The molecule has 0 saturated heterocycles. The van der Waals surface area contributed by atoms with Crippen LogP contribution in [0.25, 0.3) is 0 Å². The second kappa shape index (κ2) is 33.1. The molecule has 0 aliphatic carbocycles. The molecule has 0 aromatic carbocycles. The fourth-order valence-electron chi connectivity index (χ4n) is 3.12. The zero-order valence-electron chi connectivity index (χ0n) is 24.4. The van der Waals surface area contributed by atoms with Crippen LogP contribution in [0.2, 0.25) is 0 Å². The molecule has 0 N–H and O–H groups in total. The van der Waals surface area contributed by atoms with Crippen LogP contribution < -0.4 is 68.9 Å². The number of carbonyl (C=O) groups excluding carboxylic acids is 2. The monoisotopic (exact) mass is 626 g/mol. The second-order valence-electron chi connectivity index (χ2n) is 8.22. The van der Waals surface area contributed by atoms with Gasteiger partial charge in [0.25, 0.3) is 0 Å². The molecule has 0 aliphatic heterocycles. The average Bonchev–Trinajstić information content (AvgIpc) is 2.85. The van der Waals surface area contributed by atoms with E-state index in [1.165, 1.54) is 51.4 Å². The normalized spacial score (nSPS) is 9.90.